The number of fused-ring (bicyclic) bond motifs is 1. The molecule has 0 saturated carbocycles. The van der Waals surface area contributed by atoms with Gasteiger partial charge in [-0.1, -0.05) is 35.5 Å². The highest BCUT2D eigenvalue weighted by Gasteiger charge is 2.24. The summed E-state index contributed by atoms with van der Waals surface area (Å²) in [6.07, 6.45) is 3.40. The van der Waals surface area contributed by atoms with Crippen molar-refractivity contribution in [1.29, 1.82) is 0 Å². The molecular weight excluding hydrogens is 296 g/mol. The molecule has 114 valence electrons. The Morgan fingerprint density at radius 1 is 1.27 bits per heavy atom. The first-order valence-corrected chi connectivity index (χ1v) is 8.31. The van der Waals surface area contributed by atoms with E-state index in [2.05, 4.69) is 22.6 Å². The molecule has 0 bridgehead atoms. The molecule has 1 aliphatic carbocycles. The second kappa shape index (κ2) is 6.75. The molecule has 1 aliphatic rings. The van der Waals surface area contributed by atoms with Gasteiger partial charge in [0.2, 0.25) is 0 Å². The first-order valence-electron chi connectivity index (χ1n) is 7.43. The average molecular weight is 314 g/mol. The van der Waals surface area contributed by atoms with Gasteiger partial charge in [-0.05, 0) is 36.8 Å². The smallest absolute Gasteiger partial charge is 0.252 e. The summed E-state index contributed by atoms with van der Waals surface area (Å²) in [5.41, 5.74) is 3.68. The van der Waals surface area contributed by atoms with Crippen molar-refractivity contribution in [1.82, 2.24) is 5.32 Å². The molecule has 2 aromatic rings. The number of thiophene rings is 1. The number of hydrogen-bond donors (Lipinski definition) is 2. The quantitative estimate of drug-likeness (QED) is 0.672. The molecule has 3 rings (SSSR count). The van der Waals surface area contributed by atoms with E-state index in [9.17, 15) is 4.79 Å². The lowest BCUT2D eigenvalue weighted by Crippen LogP contribution is -2.26. The highest BCUT2D eigenvalue weighted by atomic mass is 32.1. The monoisotopic (exact) mass is 314 g/mol. The summed E-state index contributed by atoms with van der Waals surface area (Å²) in [6.45, 7) is 0.619. The van der Waals surface area contributed by atoms with Crippen LogP contribution in [0.15, 0.2) is 40.9 Å². The molecule has 4 nitrogen and oxygen atoms in total. The van der Waals surface area contributed by atoms with Gasteiger partial charge in [-0.3, -0.25) is 4.79 Å². The van der Waals surface area contributed by atoms with Gasteiger partial charge in [0.1, 0.15) is 0 Å². The number of carbonyl (C=O) groups is 1. The molecule has 1 heterocycles. The van der Waals surface area contributed by atoms with Crippen LogP contribution in [-0.4, -0.2) is 23.4 Å². The van der Waals surface area contributed by atoms with Gasteiger partial charge in [-0.15, -0.1) is 11.3 Å². The van der Waals surface area contributed by atoms with Gasteiger partial charge in [-0.2, -0.15) is 0 Å². The number of oxime groups is 1. The highest BCUT2D eigenvalue weighted by molar-refractivity contribution is 7.12. The molecule has 1 aromatic carbocycles. The zero-order valence-electron chi connectivity index (χ0n) is 12.2. The molecule has 0 spiro atoms. The van der Waals surface area contributed by atoms with E-state index in [-0.39, 0.29) is 5.91 Å². The molecule has 5 heteroatoms. The average Bonchev–Trinajstić information content (AvgIpc) is 3.00. The molecule has 0 radical (unpaired) electrons. The van der Waals surface area contributed by atoms with Gasteiger partial charge >= 0.3 is 0 Å². The van der Waals surface area contributed by atoms with Crippen molar-refractivity contribution >= 4 is 23.0 Å². The first-order chi connectivity index (χ1) is 10.8. The standard InChI is InChI=1S/C17H18N2O2S/c20-17(18-10-9-12-5-2-1-3-6-12)14-11-22-16-13(14)7-4-8-15(16)19-21/h1-3,5-6,11,21H,4,7-10H2,(H,18,20). The molecular formula is C17H18N2O2S. The number of rotatable bonds is 4. The Kier molecular flexibility index (Phi) is 4.53. The summed E-state index contributed by atoms with van der Waals surface area (Å²) in [5.74, 6) is -0.0346. The largest absolute Gasteiger partial charge is 0.411 e. The number of nitrogens with one attached hydrogen (secondary N) is 1. The van der Waals surface area contributed by atoms with E-state index >= 15 is 0 Å². The van der Waals surface area contributed by atoms with Crippen LogP contribution in [0.5, 0.6) is 0 Å². The van der Waals surface area contributed by atoms with Crippen molar-refractivity contribution < 1.29 is 10.0 Å². The Balaban J connectivity index is 1.65. The van der Waals surface area contributed by atoms with Crippen LogP contribution in [-0.2, 0) is 12.8 Å². The van der Waals surface area contributed by atoms with Crippen molar-refractivity contribution in [3.8, 4) is 0 Å². The second-order valence-electron chi connectivity index (χ2n) is 5.35. The zero-order valence-corrected chi connectivity index (χ0v) is 13.0. The summed E-state index contributed by atoms with van der Waals surface area (Å²) >= 11 is 1.49. The number of benzene rings is 1. The minimum Gasteiger partial charge on any atom is -0.411 e. The lowest BCUT2D eigenvalue weighted by molar-refractivity contribution is 0.0953. The Labute approximate surface area is 133 Å². The minimum atomic E-state index is -0.0346. The highest BCUT2D eigenvalue weighted by Crippen LogP contribution is 2.30. The predicted octanol–water partition coefficient (Wildman–Crippen LogP) is 3.24. The van der Waals surface area contributed by atoms with E-state index < -0.39 is 0 Å². The van der Waals surface area contributed by atoms with Crippen molar-refractivity contribution in [3.05, 3.63) is 57.3 Å². The van der Waals surface area contributed by atoms with Crippen molar-refractivity contribution in [2.45, 2.75) is 25.7 Å². The fourth-order valence-electron chi connectivity index (χ4n) is 2.77. The molecule has 1 amide bonds. The van der Waals surface area contributed by atoms with Gasteiger partial charge in [0.05, 0.1) is 16.2 Å². The SMILES string of the molecule is O=C(NCCc1ccccc1)c1csc2c1CCCC2=NO. The van der Waals surface area contributed by atoms with E-state index in [0.29, 0.717) is 12.3 Å². The predicted molar refractivity (Wildman–Crippen MR) is 88.1 cm³/mol. The van der Waals surface area contributed by atoms with E-state index in [1.54, 1.807) is 0 Å². The normalized spacial score (nSPS) is 15.5. The van der Waals surface area contributed by atoms with E-state index in [1.807, 2.05) is 23.6 Å². The maximum Gasteiger partial charge on any atom is 0.252 e. The van der Waals surface area contributed by atoms with Crippen molar-refractivity contribution in [3.63, 3.8) is 0 Å². The van der Waals surface area contributed by atoms with Gasteiger partial charge in [0.25, 0.3) is 5.91 Å². The van der Waals surface area contributed by atoms with Crippen molar-refractivity contribution in [2.75, 3.05) is 6.54 Å². The van der Waals surface area contributed by atoms with Gasteiger partial charge in [0.15, 0.2) is 0 Å². The summed E-state index contributed by atoms with van der Waals surface area (Å²) in [5, 5.41) is 17.3. The van der Waals surface area contributed by atoms with E-state index in [0.717, 1.165) is 41.7 Å². The molecule has 0 fully saturated rings. The van der Waals surface area contributed by atoms with E-state index in [1.165, 1.54) is 16.9 Å². The Bertz CT molecular complexity index is 692. The second-order valence-corrected chi connectivity index (χ2v) is 6.23. The molecule has 0 saturated heterocycles. The topological polar surface area (TPSA) is 61.7 Å². The molecule has 0 aliphatic heterocycles. The fourth-order valence-corrected chi connectivity index (χ4v) is 3.88. The first kappa shape index (κ1) is 14.8. The van der Waals surface area contributed by atoms with Crippen LogP contribution in [0.1, 0.15) is 39.2 Å². The lowest BCUT2D eigenvalue weighted by atomic mass is 9.94. The fraction of sp³-hybridized carbons (Fsp3) is 0.294. The Morgan fingerprint density at radius 3 is 2.86 bits per heavy atom. The van der Waals surface area contributed by atoms with Gasteiger partial charge in [-0.25, -0.2) is 0 Å². The minimum absolute atomic E-state index is 0.0346. The summed E-state index contributed by atoms with van der Waals surface area (Å²) in [6, 6.07) is 10.1. The molecule has 1 aromatic heterocycles. The number of nitrogens with zero attached hydrogens (tertiary/aromatic N) is 1. The third kappa shape index (κ3) is 3.04. The van der Waals surface area contributed by atoms with Crippen LogP contribution in [0.2, 0.25) is 0 Å². The summed E-state index contributed by atoms with van der Waals surface area (Å²) < 4.78 is 0. The summed E-state index contributed by atoms with van der Waals surface area (Å²) in [7, 11) is 0. The zero-order chi connectivity index (χ0) is 15.4. The van der Waals surface area contributed by atoms with Crippen LogP contribution < -0.4 is 5.32 Å². The van der Waals surface area contributed by atoms with Crippen LogP contribution in [0.4, 0.5) is 0 Å². The Hall–Kier alpha value is -2.14. The van der Waals surface area contributed by atoms with Crippen LogP contribution in [0, 0.1) is 0 Å². The molecule has 22 heavy (non-hydrogen) atoms. The molecule has 0 atom stereocenters. The van der Waals surface area contributed by atoms with Crippen LogP contribution in [0.3, 0.4) is 0 Å². The summed E-state index contributed by atoms with van der Waals surface area (Å²) in [4.78, 5) is 13.3. The lowest BCUT2D eigenvalue weighted by Gasteiger charge is -2.14. The van der Waals surface area contributed by atoms with Gasteiger partial charge < -0.3 is 10.5 Å². The van der Waals surface area contributed by atoms with Crippen LogP contribution in [0.25, 0.3) is 0 Å². The van der Waals surface area contributed by atoms with Crippen molar-refractivity contribution in [2.24, 2.45) is 5.16 Å². The maximum atomic E-state index is 12.4. The molecule has 0 unspecified atom stereocenters. The number of carbonyl (C=O) groups excluding carboxylic acids is 1. The number of hydrogen-bond acceptors (Lipinski definition) is 4. The van der Waals surface area contributed by atoms with Gasteiger partial charge in [0, 0.05) is 11.9 Å². The maximum absolute atomic E-state index is 12.4. The molecule has 2 N–H and O–H groups in total. The third-order valence-electron chi connectivity index (χ3n) is 3.90. The Morgan fingerprint density at radius 2 is 2.09 bits per heavy atom. The third-order valence-corrected chi connectivity index (χ3v) is 4.97. The van der Waals surface area contributed by atoms with E-state index in [4.69, 9.17) is 5.21 Å². The number of amides is 1. The van der Waals surface area contributed by atoms with Crippen LogP contribution >= 0.6 is 11.3 Å².